The van der Waals surface area contributed by atoms with Crippen LogP contribution >= 0.6 is 0 Å². The van der Waals surface area contributed by atoms with E-state index in [1.165, 1.54) is 0 Å². The van der Waals surface area contributed by atoms with Gasteiger partial charge < -0.3 is 15.2 Å². The Balaban J connectivity index is 1.81. The molecule has 0 aromatic carbocycles. The first-order chi connectivity index (χ1) is 8.75. The van der Waals surface area contributed by atoms with Crippen LogP contribution in [0, 0.1) is 0 Å². The maximum Gasteiger partial charge on any atom is 0.293 e. The molecule has 1 saturated heterocycles. The molecule has 6 nitrogen and oxygen atoms in total. The van der Waals surface area contributed by atoms with Crippen molar-refractivity contribution in [2.45, 2.75) is 37.8 Å². The third-order valence-electron chi connectivity index (χ3n) is 3.40. The van der Waals surface area contributed by atoms with Gasteiger partial charge in [0.2, 0.25) is 5.91 Å². The lowest BCUT2D eigenvalue weighted by atomic mass is 10.1. The summed E-state index contributed by atoms with van der Waals surface area (Å²) < 4.78 is 1.70. The topological polar surface area (TPSA) is 76.0 Å². The Kier molecular flexibility index (Phi) is 2.77. The number of amides is 1. The molecule has 1 atom stereocenters. The predicted octanol–water partition coefficient (Wildman–Crippen LogP) is 0.269. The lowest BCUT2D eigenvalue weighted by Crippen LogP contribution is -2.45. The molecule has 96 valence electrons. The number of anilines is 1. The van der Waals surface area contributed by atoms with Gasteiger partial charge >= 0.3 is 0 Å². The lowest BCUT2D eigenvalue weighted by molar-refractivity contribution is -0.123. The molecule has 1 aliphatic carbocycles. The minimum absolute atomic E-state index is 0.0516. The molecule has 0 radical (unpaired) electrons. The van der Waals surface area contributed by atoms with Crippen LogP contribution in [0.1, 0.15) is 31.7 Å². The van der Waals surface area contributed by atoms with E-state index >= 15 is 0 Å². The number of nitrogens with one attached hydrogen (secondary N) is 2. The number of rotatable bonds is 3. The molecule has 1 aliphatic heterocycles. The summed E-state index contributed by atoms with van der Waals surface area (Å²) in [7, 11) is 0. The SMILES string of the molecule is O=C1NCCCC1Nc1nccn(C2CC2)c1=O. The Hall–Kier alpha value is -1.85. The zero-order chi connectivity index (χ0) is 12.5. The summed E-state index contributed by atoms with van der Waals surface area (Å²) in [5.41, 5.74) is -0.127. The molecule has 3 rings (SSSR count). The van der Waals surface area contributed by atoms with Gasteiger partial charge in [0.1, 0.15) is 6.04 Å². The van der Waals surface area contributed by atoms with Crippen LogP contribution in [0.15, 0.2) is 17.2 Å². The normalized spacial score (nSPS) is 23.6. The average molecular weight is 248 g/mol. The number of carbonyl (C=O) groups excluding carboxylic acids is 1. The van der Waals surface area contributed by atoms with Crippen molar-refractivity contribution < 1.29 is 4.79 Å². The molecule has 18 heavy (non-hydrogen) atoms. The maximum atomic E-state index is 12.1. The first kappa shape index (κ1) is 11.3. The molecular weight excluding hydrogens is 232 g/mol. The van der Waals surface area contributed by atoms with E-state index < -0.39 is 0 Å². The number of nitrogens with zero attached hydrogens (tertiary/aromatic N) is 2. The van der Waals surface area contributed by atoms with Crippen molar-refractivity contribution in [2.75, 3.05) is 11.9 Å². The zero-order valence-corrected chi connectivity index (χ0v) is 10.1. The van der Waals surface area contributed by atoms with Gasteiger partial charge in [-0.2, -0.15) is 0 Å². The van der Waals surface area contributed by atoms with Crippen molar-refractivity contribution in [1.29, 1.82) is 0 Å². The van der Waals surface area contributed by atoms with Gasteiger partial charge in [0, 0.05) is 25.0 Å². The molecular formula is C12H16N4O2. The van der Waals surface area contributed by atoms with E-state index in [4.69, 9.17) is 0 Å². The van der Waals surface area contributed by atoms with E-state index in [9.17, 15) is 9.59 Å². The Morgan fingerprint density at radius 3 is 2.89 bits per heavy atom. The molecule has 0 spiro atoms. The van der Waals surface area contributed by atoms with Crippen molar-refractivity contribution in [3.8, 4) is 0 Å². The first-order valence-corrected chi connectivity index (χ1v) is 6.37. The fourth-order valence-electron chi connectivity index (χ4n) is 2.24. The number of piperidine rings is 1. The van der Waals surface area contributed by atoms with Crippen LogP contribution in [-0.4, -0.2) is 28.0 Å². The summed E-state index contributed by atoms with van der Waals surface area (Å²) in [5.74, 6) is 0.232. The Morgan fingerprint density at radius 2 is 2.17 bits per heavy atom. The quantitative estimate of drug-likeness (QED) is 0.805. The van der Waals surface area contributed by atoms with Gasteiger partial charge in [0.15, 0.2) is 5.82 Å². The minimum atomic E-state index is -0.339. The standard InChI is InChI=1S/C12H16N4O2/c17-11-9(2-1-5-14-11)15-10-12(18)16(7-6-13-10)8-3-4-8/h6-9H,1-5H2,(H,13,15)(H,14,17). The van der Waals surface area contributed by atoms with E-state index in [0.717, 1.165) is 25.7 Å². The van der Waals surface area contributed by atoms with Gasteiger partial charge in [0.25, 0.3) is 5.56 Å². The highest BCUT2D eigenvalue weighted by Crippen LogP contribution is 2.33. The van der Waals surface area contributed by atoms with Crippen LogP contribution in [0.3, 0.4) is 0 Å². The van der Waals surface area contributed by atoms with Gasteiger partial charge in [-0.15, -0.1) is 0 Å². The largest absolute Gasteiger partial charge is 0.354 e. The van der Waals surface area contributed by atoms with Gasteiger partial charge in [0.05, 0.1) is 0 Å². The van der Waals surface area contributed by atoms with Crippen molar-refractivity contribution in [3.63, 3.8) is 0 Å². The van der Waals surface area contributed by atoms with Gasteiger partial charge in [-0.3, -0.25) is 9.59 Å². The highest BCUT2D eigenvalue weighted by atomic mass is 16.2. The monoisotopic (exact) mass is 248 g/mol. The molecule has 2 aliphatic rings. The summed E-state index contributed by atoms with van der Waals surface area (Å²) in [4.78, 5) is 27.8. The third-order valence-corrected chi connectivity index (χ3v) is 3.40. The van der Waals surface area contributed by atoms with Gasteiger partial charge in [-0.1, -0.05) is 0 Å². The third kappa shape index (κ3) is 2.10. The molecule has 2 N–H and O–H groups in total. The van der Waals surface area contributed by atoms with Crippen molar-refractivity contribution in [2.24, 2.45) is 0 Å². The number of carbonyl (C=O) groups is 1. The molecule has 0 bridgehead atoms. The smallest absolute Gasteiger partial charge is 0.293 e. The van der Waals surface area contributed by atoms with E-state index in [-0.39, 0.29) is 23.3 Å². The lowest BCUT2D eigenvalue weighted by Gasteiger charge is -2.23. The summed E-state index contributed by atoms with van der Waals surface area (Å²) >= 11 is 0. The van der Waals surface area contributed by atoms with Crippen molar-refractivity contribution in [3.05, 3.63) is 22.7 Å². The second-order valence-electron chi connectivity index (χ2n) is 4.85. The fraction of sp³-hybridized carbons (Fsp3) is 0.583. The molecule has 1 saturated carbocycles. The molecule has 1 unspecified atom stereocenters. The molecule has 2 fully saturated rings. The van der Waals surface area contributed by atoms with Crippen LogP contribution in [-0.2, 0) is 4.79 Å². The van der Waals surface area contributed by atoms with Crippen molar-refractivity contribution in [1.82, 2.24) is 14.9 Å². The zero-order valence-electron chi connectivity index (χ0n) is 10.1. The van der Waals surface area contributed by atoms with Gasteiger partial charge in [-0.25, -0.2) is 4.98 Å². The molecule has 1 aromatic rings. The van der Waals surface area contributed by atoms with Crippen LogP contribution in [0.4, 0.5) is 5.82 Å². The summed E-state index contributed by atoms with van der Waals surface area (Å²) in [6.07, 6.45) is 7.09. The summed E-state index contributed by atoms with van der Waals surface area (Å²) in [5, 5.41) is 5.75. The minimum Gasteiger partial charge on any atom is -0.354 e. The van der Waals surface area contributed by atoms with Crippen LogP contribution in [0.2, 0.25) is 0 Å². The molecule has 1 amide bonds. The molecule has 6 heteroatoms. The Labute approximate surface area is 104 Å². The fourth-order valence-corrected chi connectivity index (χ4v) is 2.24. The average Bonchev–Trinajstić information content (AvgIpc) is 3.19. The van der Waals surface area contributed by atoms with Crippen molar-refractivity contribution >= 4 is 11.7 Å². The second kappa shape index (κ2) is 4.44. The van der Waals surface area contributed by atoms with E-state index in [2.05, 4.69) is 15.6 Å². The van der Waals surface area contributed by atoms with E-state index in [1.54, 1.807) is 17.0 Å². The second-order valence-corrected chi connectivity index (χ2v) is 4.85. The van der Waals surface area contributed by atoms with Gasteiger partial charge in [-0.05, 0) is 25.7 Å². The van der Waals surface area contributed by atoms with Crippen LogP contribution in [0.25, 0.3) is 0 Å². The highest BCUT2D eigenvalue weighted by molar-refractivity contribution is 5.84. The first-order valence-electron chi connectivity index (χ1n) is 6.37. The number of aromatic nitrogens is 2. The summed E-state index contributed by atoms with van der Waals surface area (Å²) in [6.45, 7) is 0.714. The Morgan fingerprint density at radius 1 is 1.33 bits per heavy atom. The van der Waals surface area contributed by atoms with E-state index in [1.807, 2.05) is 0 Å². The predicted molar refractivity (Wildman–Crippen MR) is 66.4 cm³/mol. The van der Waals surface area contributed by atoms with Crippen LogP contribution < -0.4 is 16.2 Å². The van der Waals surface area contributed by atoms with Crippen LogP contribution in [0.5, 0.6) is 0 Å². The number of hydrogen-bond acceptors (Lipinski definition) is 4. The Bertz CT molecular complexity index is 521. The van der Waals surface area contributed by atoms with E-state index in [0.29, 0.717) is 12.6 Å². The molecule has 1 aromatic heterocycles. The molecule has 2 heterocycles. The number of hydrogen-bond donors (Lipinski definition) is 2. The summed E-state index contributed by atoms with van der Waals surface area (Å²) in [6, 6.07) is -0.0183. The highest BCUT2D eigenvalue weighted by Gasteiger charge is 2.27. The maximum absolute atomic E-state index is 12.1.